The highest BCUT2D eigenvalue weighted by molar-refractivity contribution is 6.17. The lowest BCUT2D eigenvalue weighted by molar-refractivity contribution is 0.0285. The molecule has 1 fully saturated rings. The zero-order valence-electron chi connectivity index (χ0n) is 18.7. The summed E-state index contributed by atoms with van der Waals surface area (Å²) in [5.41, 5.74) is 0.643. The largest absolute Gasteiger partial charge is 0.449 e. The Morgan fingerprint density at radius 3 is 2.41 bits per heavy atom. The molecule has 2 aromatic heterocycles. The summed E-state index contributed by atoms with van der Waals surface area (Å²) >= 11 is 0. The van der Waals surface area contributed by atoms with Gasteiger partial charge < -0.3 is 19.4 Å². The molecule has 0 spiro atoms. The molecule has 0 radical (unpaired) electrons. The molecule has 34 heavy (non-hydrogen) atoms. The van der Waals surface area contributed by atoms with Gasteiger partial charge in [0.15, 0.2) is 5.69 Å². The molecule has 1 saturated heterocycles. The Morgan fingerprint density at radius 1 is 1.00 bits per heavy atom. The number of para-hydroxylation sites is 1. The number of ether oxygens (including phenoxy) is 1. The number of carbonyl (C=O) groups is 2. The minimum Gasteiger partial charge on any atom is -0.449 e. The highest BCUT2D eigenvalue weighted by atomic mass is 16.5. The van der Waals surface area contributed by atoms with Crippen molar-refractivity contribution in [2.45, 2.75) is 19.9 Å². The number of morpholine rings is 1. The van der Waals surface area contributed by atoms with E-state index >= 15 is 0 Å². The predicted molar refractivity (Wildman–Crippen MR) is 127 cm³/mol. The summed E-state index contributed by atoms with van der Waals surface area (Å²) < 4.78 is 12.6. The Balaban J connectivity index is 1.59. The standard InChI is InChI=1S/C25H24N4O5/c1-2-11-29-24(31)17-8-4-3-7-16(17)21(27-29)23(30)26-20-18-9-5-6-10-19(18)34-22(20)25(32)28-12-14-33-15-13-28/h3-10H,2,11-15H2,1H3,(H,26,30). The van der Waals surface area contributed by atoms with Crippen molar-refractivity contribution in [2.75, 3.05) is 31.6 Å². The summed E-state index contributed by atoms with van der Waals surface area (Å²) in [5, 5.41) is 8.70. The highest BCUT2D eigenvalue weighted by Crippen LogP contribution is 2.32. The van der Waals surface area contributed by atoms with Gasteiger partial charge in [-0.05, 0) is 24.6 Å². The van der Waals surface area contributed by atoms with Crippen molar-refractivity contribution in [3.63, 3.8) is 0 Å². The number of hydrogen-bond donors (Lipinski definition) is 1. The summed E-state index contributed by atoms with van der Waals surface area (Å²) in [7, 11) is 0. The number of hydrogen-bond acceptors (Lipinski definition) is 6. The van der Waals surface area contributed by atoms with Gasteiger partial charge in [-0.15, -0.1) is 0 Å². The number of carbonyl (C=O) groups excluding carboxylic acids is 2. The van der Waals surface area contributed by atoms with Crippen molar-refractivity contribution in [1.29, 1.82) is 0 Å². The second-order valence-corrected chi connectivity index (χ2v) is 8.08. The lowest BCUT2D eigenvalue weighted by Gasteiger charge is -2.26. The summed E-state index contributed by atoms with van der Waals surface area (Å²) in [4.78, 5) is 41.2. The topological polar surface area (TPSA) is 107 Å². The third-order valence-electron chi connectivity index (χ3n) is 5.84. The second-order valence-electron chi connectivity index (χ2n) is 8.08. The average molecular weight is 460 g/mol. The SMILES string of the molecule is CCCn1nc(C(=O)Nc2c(C(=O)N3CCOCC3)oc3ccccc23)c2ccccc2c1=O. The van der Waals surface area contributed by atoms with E-state index < -0.39 is 5.91 Å². The van der Waals surface area contributed by atoms with Gasteiger partial charge in [-0.3, -0.25) is 14.4 Å². The number of nitrogens with zero attached hydrogens (tertiary/aromatic N) is 3. The molecule has 5 rings (SSSR count). The third-order valence-corrected chi connectivity index (χ3v) is 5.84. The van der Waals surface area contributed by atoms with Gasteiger partial charge in [0.1, 0.15) is 11.3 Å². The van der Waals surface area contributed by atoms with Crippen molar-refractivity contribution >= 4 is 39.2 Å². The van der Waals surface area contributed by atoms with Crippen LogP contribution in [0.4, 0.5) is 5.69 Å². The number of aryl methyl sites for hydroxylation is 1. The molecule has 2 aromatic carbocycles. The van der Waals surface area contributed by atoms with Crippen LogP contribution in [0, 0.1) is 0 Å². The molecule has 0 aliphatic carbocycles. The molecule has 9 nitrogen and oxygen atoms in total. The number of rotatable bonds is 5. The first kappa shape index (κ1) is 21.8. The molecular weight excluding hydrogens is 436 g/mol. The van der Waals surface area contributed by atoms with Gasteiger partial charge in [-0.2, -0.15) is 5.10 Å². The van der Waals surface area contributed by atoms with Gasteiger partial charge in [-0.25, -0.2) is 4.68 Å². The molecule has 3 heterocycles. The molecule has 4 aromatic rings. The van der Waals surface area contributed by atoms with Gasteiger partial charge >= 0.3 is 0 Å². The maximum absolute atomic E-state index is 13.5. The minimum absolute atomic E-state index is 0.0580. The number of benzene rings is 2. The Bertz CT molecular complexity index is 1450. The number of furan rings is 1. The zero-order chi connectivity index (χ0) is 23.7. The van der Waals surface area contributed by atoms with E-state index in [1.807, 2.05) is 13.0 Å². The molecular formula is C25H24N4O5. The van der Waals surface area contributed by atoms with Crippen LogP contribution < -0.4 is 10.9 Å². The van der Waals surface area contributed by atoms with E-state index in [0.29, 0.717) is 61.0 Å². The molecule has 1 aliphatic rings. The van der Waals surface area contributed by atoms with Gasteiger partial charge in [0.05, 0.1) is 18.6 Å². The molecule has 2 amide bonds. The lowest BCUT2D eigenvalue weighted by Crippen LogP contribution is -2.40. The van der Waals surface area contributed by atoms with Crippen molar-refractivity contribution in [1.82, 2.24) is 14.7 Å². The minimum atomic E-state index is -0.524. The van der Waals surface area contributed by atoms with Crippen LogP contribution in [0.1, 0.15) is 34.4 Å². The zero-order valence-corrected chi connectivity index (χ0v) is 18.7. The normalized spacial score (nSPS) is 14.0. The summed E-state index contributed by atoms with van der Waals surface area (Å²) in [6.45, 7) is 4.10. The van der Waals surface area contributed by atoms with E-state index in [4.69, 9.17) is 9.15 Å². The van der Waals surface area contributed by atoms with Crippen molar-refractivity contribution in [3.05, 3.63) is 70.3 Å². The molecule has 0 atom stereocenters. The van der Waals surface area contributed by atoms with Crippen LogP contribution in [0.15, 0.2) is 57.7 Å². The summed E-state index contributed by atoms with van der Waals surface area (Å²) in [5.74, 6) is -0.783. The van der Waals surface area contributed by atoms with Crippen LogP contribution in [0.3, 0.4) is 0 Å². The maximum Gasteiger partial charge on any atom is 0.291 e. The number of anilines is 1. The Labute approximate surface area is 194 Å². The van der Waals surface area contributed by atoms with Crippen LogP contribution in [0.2, 0.25) is 0 Å². The molecule has 0 unspecified atom stereocenters. The predicted octanol–water partition coefficient (Wildman–Crippen LogP) is 3.28. The molecule has 1 N–H and O–H groups in total. The number of aromatic nitrogens is 2. The smallest absolute Gasteiger partial charge is 0.291 e. The Kier molecular flexibility index (Phi) is 5.85. The summed E-state index contributed by atoms with van der Waals surface area (Å²) in [6, 6.07) is 14.0. The quantitative estimate of drug-likeness (QED) is 0.490. The van der Waals surface area contributed by atoms with Crippen LogP contribution in [-0.4, -0.2) is 52.8 Å². The molecule has 1 aliphatic heterocycles. The van der Waals surface area contributed by atoms with Crippen molar-refractivity contribution < 1.29 is 18.7 Å². The van der Waals surface area contributed by atoms with Crippen LogP contribution in [0.5, 0.6) is 0 Å². The first-order chi connectivity index (χ1) is 16.6. The van der Waals surface area contributed by atoms with Crippen molar-refractivity contribution in [2.24, 2.45) is 0 Å². The van der Waals surface area contributed by atoms with E-state index in [0.717, 1.165) is 0 Å². The Morgan fingerprint density at radius 2 is 1.68 bits per heavy atom. The summed E-state index contributed by atoms with van der Waals surface area (Å²) in [6.07, 6.45) is 0.691. The fourth-order valence-corrected chi connectivity index (χ4v) is 4.17. The average Bonchev–Trinajstić information content (AvgIpc) is 3.24. The Hall–Kier alpha value is -3.98. The first-order valence-corrected chi connectivity index (χ1v) is 11.3. The molecule has 0 bridgehead atoms. The van der Waals surface area contributed by atoms with E-state index in [1.54, 1.807) is 47.4 Å². The van der Waals surface area contributed by atoms with Gasteiger partial charge in [0.25, 0.3) is 17.4 Å². The third kappa shape index (κ3) is 3.84. The van der Waals surface area contributed by atoms with E-state index in [2.05, 4.69) is 10.4 Å². The number of fused-ring (bicyclic) bond motifs is 2. The van der Waals surface area contributed by atoms with Gasteiger partial charge in [-0.1, -0.05) is 37.3 Å². The van der Waals surface area contributed by atoms with Gasteiger partial charge in [0, 0.05) is 30.4 Å². The fourth-order valence-electron chi connectivity index (χ4n) is 4.17. The second kappa shape index (κ2) is 9.11. The monoisotopic (exact) mass is 460 g/mol. The van der Waals surface area contributed by atoms with Crippen LogP contribution >= 0.6 is 0 Å². The van der Waals surface area contributed by atoms with Crippen molar-refractivity contribution in [3.8, 4) is 0 Å². The molecule has 9 heteroatoms. The van der Waals surface area contributed by atoms with Crippen LogP contribution in [-0.2, 0) is 11.3 Å². The van der Waals surface area contributed by atoms with Crippen LogP contribution in [0.25, 0.3) is 21.7 Å². The first-order valence-electron chi connectivity index (χ1n) is 11.3. The van der Waals surface area contributed by atoms with E-state index in [-0.39, 0.29) is 28.6 Å². The molecule has 174 valence electrons. The molecule has 0 saturated carbocycles. The number of nitrogens with one attached hydrogen (secondary N) is 1. The fraction of sp³-hybridized carbons (Fsp3) is 0.280. The maximum atomic E-state index is 13.5. The van der Waals surface area contributed by atoms with E-state index in [1.165, 1.54) is 4.68 Å². The number of amides is 2. The lowest BCUT2D eigenvalue weighted by atomic mass is 10.1. The highest BCUT2D eigenvalue weighted by Gasteiger charge is 2.28. The van der Waals surface area contributed by atoms with E-state index in [9.17, 15) is 14.4 Å². The van der Waals surface area contributed by atoms with Gasteiger partial charge in [0.2, 0.25) is 5.76 Å².